The highest BCUT2D eigenvalue weighted by molar-refractivity contribution is 5.56. The van der Waals surface area contributed by atoms with Crippen LogP contribution < -0.4 is 0 Å². The summed E-state index contributed by atoms with van der Waals surface area (Å²) in [7, 11) is 2.17. The molecule has 4 nitrogen and oxygen atoms in total. The molecule has 2 heterocycles. The van der Waals surface area contributed by atoms with E-state index >= 15 is 0 Å². The lowest BCUT2D eigenvalue weighted by molar-refractivity contribution is 0.222. The van der Waals surface area contributed by atoms with E-state index in [2.05, 4.69) is 27.7 Å². The van der Waals surface area contributed by atoms with Gasteiger partial charge in [-0.15, -0.1) is 0 Å². The topological polar surface area (TPSA) is 41.3 Å². The fourth-order valence-electron chi connectivity index (χ4n) is 2.71. The van der Waals surface area contributed by atoms with E-state index in [1.165, 1.54) is 0 Å². The summed E-state index contributed by atoms with van der Waals surface area (Å²) >= 11 is 0. The Morgan fingerprint density at radius 2 is 1.84 bits per heavy atom. The fourth-order valence-corrected chi connectivity index (χ4v) is 2.71. The van der Waals surface area contributed by atoms with Gasteiger partial charge in [-0.1, -0.05) is 0 Å². The Labute approximate surface area is 113 Å². The summed E-state index contributed by atoms with van der Waals surface area (Å²) in [6.45, 7) is 2.27. The van der Waals surface area contributed by atoms with Crippen molar-refractivity contribution in [1.82, 2.24) is 14.5 Å². The van der Waals surface area contributed by atoms with Crippen LogP contribution in [-0.4, -0.2) is 39.7 Å². The minimum absolute atomic E-state index is 0.293. The van der Waals surface area contributed by atoms with Crippen LogP contribution in [0, 0.1) is 0 Å². The van der Waals surface area contributed by atoms with E-state index in [1.54, 1.807) is 12.1 Å². The molecule has 1 aliphatic heterocycles. The van der Waals surface area contributed by atoms with Gasteiger partial charge in [-0.2, -0.15) is 0 Å². The molecular formula is C15H19N3O. The third-order valence-electron chi connectivity index (χ3n) is 3.88. The minimum atomic E-state index is 0.293. The number of imidazole rings is 1. The monoisotopic (exact) mass is 257 g/mol. The van der Waals surface area contributed by atoms with Crippen LogP contribution in [0.25, 0.3) is 11.4 Å². The molecule has 1 saturated heterocycles. The van der Waals surface area contributed by atoms with Gasteiger partial charge in [-0.3, -0.25) is 0 Å². The Morgan fingerprint density at radius 1 is 1.16 bits per heavy atom. The van der Waals surface area contributed by atoms with E-state index in [9.17, 15) is 5.11 Å². The van der Waals surface area contributed by atoms with E-state index in [0.29, 0.717) is 11.8 Å². The maximum absolute atomic E-state index is 9.37. The zero-order valence-corrected chi connectivity index (χ0v) is 11.2. The second-order valence-corrected chi connectivity index (χ2v) is 5.24. The smallest absolute Gasteiger partial charge is 0.140 e. The van der Waals surface area contributed by atoms with Crippen LogP contribution >= 0.6 is 0 Å². The van der Waals surface area contributed by atoms with Crippen LogP contribution in [0.4, 0.5) is 0 Å². The Hall–Kier alpha value is -1.81. The Kier molecular flexibility index (Phi) is 3.25. The van der Waals surface area contributed by atoms with Crippen LogP contribution in [-0.2, 0) is 0 Å². The molecule has 19 heavy (non-hydrogen) atoms. The van der Waals surface area contributed by atoms with Gasteiger partial charge in [-0.25, -0.2) is 4.98 Å². The average Bonchev–Trinajstić information content (AvgIpc) is 2.90. The van der Waals surface area contributed by atoms with Crippen LogP contribution in [0.3, 0.4) is 0 Å². The number of aromatic hydroxyl groups is 1. The number of hydrogen-bond acceptors (Lipinski definition) is 3. The zero-order chi connectivity index (χ0) is 13.2. The number of hydrogen-bond donors (Lipinski definition) is 1. The normalized spacial score (nSPS) is 17.7. The van der Waals surface area contributed by atoms with E-state index in [0.717, 1.165) is 37.3 Å². The second kappa shape index (κ2) is 5.05. The highest BCUT2D eigenvalue weighted by Gasteiger charge is 2.20. The van der Waals surface area contributed by atoms with E-state index < -0.39 is 0 Å². The SMILES string of the molecule is CN1CCC(n2ccnc2-c2ccc(O)cc2)CC1. The molecule has 100 valence electrons. The van der Waals surface area contributed by atoms with Crippen molar-refractivity contribution in [3.8, 4) is 17.1 Å². The summed E-state index contributed by atoms with van der Waals surface area (Å²) in [5.41, 5.74) is 1.06. The van der Waals surface area contributed by atoms with Gasteiger partial charge in [0.1, 0.15) is 11.6 Å². The average molecular weight is 257 g/mol. The van der Waals surface area contributed by atoms with Crippen molar-refractivity contribution in [2.45, 2.75) is 18.9 Å². The van der Waals surface area contributed by atoms with Gasteiger partial charge >= 0.3 is 0 Å². The maximum Gasteiger partial charge on any atom is 0.140 e. The van der Waals surface area contributed by atoms with Crippen molar-refractivity contribution in [2.24, 2.45) is 0 Å². The number of rotatable bonds is 2. The molecule has 1 fully saturated rings. The molecule has 1 aromatic carbocycles. The van der Waals surface area contributed by atoms with Gasteiger partial charge in [0, 0.05) is 24.0 Å². The number of piperidine rings is 1. The first-order chi connectivity index (χ1) is 9.24. The quantitative estimate of drug-likeness (QED) is 0.898. The van der Waals surface area contributed by atoms with E-state index in [1.807, 2.05) is 18.3 Å². The molecule has 0 radical (unpaired) electrons. The summed E-state index contributed by atoms with van der Waals surface area (Å²) in [5.74, 6) is 1.29. The third kappa shape index (κ3) is 2.49. The standard InChI is InChI=1S/C15H19N3O/c1-17-9-6-13(7-10-17)18-11-8-16-15(18)12-2-4-14(19)5-3-12/h2-5,8,11,13,19H,6-7,9-10H2,1H3. The first-order valence-electron chi connectivity index (χ1n) is 6.75. The number of phenolic OH excluding ortho intramolecular Hbond substituents is 1. The van der Waals surface area contributed by atoms with Gasteiger partial charge < -0.3 is 14.6 Å². The molecule has 3 rings (SSSR count). The molecule has 0 atom stereocenters. The van der Waals surface area contributed by atoms with Gasteiger partial charge in [0.2, 0.25) is 0 Å². The molecule has 4 heteroatoms. The summed E-state index contributed by atoms with van der Waals surface area (Å²) in [6.07, 6.45) is 6.26. The van der Waals surface area contributed by atoms with Crippen LogP contribution in [0.1, 0.15) is 18.9 Å². The predicted molar refractivity (Wildman–Crippen MR) is 75.1 cm³/mol. The maximum atomic E-state index is 9.37. The third-order valence-corrected chi connectivity index (χ3v) is 3.88. The van der Waals surface area contributed by atoms with Crippen molar-refractivity contribution < 1.29 is 5.11 Å². The first kappa shape index (κ1) is 12.2. The van der Waals surface area contributed by atoms with Crippen LogP contribution in [0.5, 0.6) is 5.75 Å². The van der Waals surface area contributed by atoms with Gasteiger partial charge in [-0.05, 0) is 57.2 Å². The lowest BCUT2D eigenvalue weighted by Crippen LogP contribution is -2.31. The van der Waals surface area contributed by atoms with Crippen molar-refractivity contribution >= 4 is 0 Å². The number of aromatic nitrogens is 2. The molecule has 1 N–H and O–H groups in total. The molecule has 0 spiro atoms. The zero-order valence-electron chi connectivity index (χ0n) is 11.2. The Morgan fingerprint density at radius 3 is 2.53 bits per heavy atom. The van der Waals surface area contributed by atoms with Gasteiger partial charge in [0.15, 0.2) is 0 Å². The molecule has 1 aromatic heterocycles. The summed E-state index contributed by atoms with van der Waals surface area (Å²) < 4.78 is 2.28. The number of nitrogens with zero attached hydrogens (tertiary/aromatic N) is 3. The molecule has 1 aliphatic rings. The number of phenols is 1. The molecule has 0 saturated carbocycles. The highest BCUT2D eigenvalue weighted by atomic mass is 16.3. The predicted octanol–water partition coefficient (Wildman–Crippen LogP) is 2.52. The minimum Gasteiger partial charge on any atom is -0.508 e. The first-order valence-corrected chi connectivity index (χ1v) is 6.75. The molecule has 0 aliphatic carbocycles. The van der Waals surface area contributed by atoms with Crippen LogP contribution in [0.15, 0.2) is 36.7 Å². The van der Waals surface area contributed by atoms with Crippen LogP contribution in [0.2, 0.25) is 0 Å². The van der Waals surface area contributed by atoms with Crippen molar-refractivity contribution in [3.05, 3.63) is 36.7 Å². The second-order valence-electron chi connectivity index (χ2n) is 5.24. The molecular weight excluding hydrogens is 238 g/mol. The van der Waals surface area contributed by atoms with Crippen molar-refractivity contribution in [2.75, 3.05) is 20.1 Å². The lowest BCUT2D eigenvalue weighted by atomic mass is 10.0. The molecule has 0 amide bonds. The van der Waals surface area contributed by atoms with Crippen molar-refractivity contribution in [1.29, 1.82) is 0 Å². The number of likely N-dealkylation sites (tertiary alicyclic amines) is 1. The summed E-state index contributed by atoms with van der Waals surface area (Å²) in [5, 5.41) is 9.37. The largest absolute Gasteiger partial charge is 0.508 e. The lowest BCUT2D eigenvalue weighted by Gasteiger charge is -2.30. The summed E-state index contributed by atoms with van der Waals surface area (Å²) in [6, 6.07) is 7.79. The van der Waals surface area contributed by atoms with Crippen molar-refractivity contribution in [3.63, 3.8) is 0 Å². The Balaban J connectivity index is 1.88. The Bertz CT molecular complexity index is 539. The highest BCUT2D eigenvalue weighted by Crippen LogP contribution is 2.28. The van der Waals surface area contributed by atoms with E-state index in [4.69, 9.17) is 0 Å². The molecule has 0 unspecified atom stereocenters. The number of benzene rings is 1. The van der Waals surface area contributed by atoms with Gasteiger partial charge in [0.05, 0.1) is 0 Å². The molecule has 0 bridgehead atoms. The van der Waals surface area contributed by atoms with Gasteiger partial charge in [0.25, 0.3) is 0 Å². The molecule has 2 aromatic rings. The van der Waals surface area contributed by atoms with E-state index in [-0.39, 0.29) is 0 Å². The fraction of sp³-hybridized carbons (Fsp3) is 0.400. The summed E-state index contributed by atoms with van der Waals surface area (Å²) in [4.78, 5) is 6.85.